The van der Waals surface area contributed by atoms with Crippen LogP contribution in [0.4, 0.5) is 0 Å². The molecule has 0 bridgehead atoms. The molecule has 0 fully saturated rings. The molecule has 0 saturated heterocycles. The summed E-state index contributed by atoms with van der Waals surface area (Å²) in [6.07, 6.45) is 0.00330. The Balaban J connectivity index is 2.25. The van der Waals surface area contributed by atoms with Crippen molar-refractivity contribution < 1.29 is 9.47 Å². The van der Waals surface area contributed by atoms with Gasteiger partial charge in [-0.15, -0.1) is 11.3 Å². The summed E-state index contributed by atoms with van der Waals surface area (Å²) in [4.78, 5) is 1.18. The first kappa shape index (κ1) is 13.6. The summed E-state index contributed by atoms with van der Waals surface area (Å²) >= 11 is 1.67. The second kappa shape index (κ2) is 6.35. The zero-order valence-electron chi connectivity index (χ0n) is 10.2. The van der Waals surface area contributed by atoms with Gasteiger partial charge in [-0.1, -0.05) is 6.07 Å². The normalized spacial score (nSPS) is 14.0. The molecule has 1 heterocycles. The number of hydrogen-bond donors (Lipinski definition) is 1. The van der Waals surface area contributed by atoms with Crippen LogP contribution in [0.15, 0.2) is 17.5 Å². The number of ether oxygens (including phenoxy) is 2. The van der Waals surface area contributed by atoms with Gasteiger partial charge in [0, 0.05) is 11.4 Å². The second-order valence-corrected chi connectivity index (χ2v) is 5.55. The molecule has 1 unspecified atom stereocenters. The molecule has 3 nitrogen and oxygen atoms in total. The van der Waals surface area contributed by atoms with E-state index in [2.05, 4.69) is 0 Å². The SMILES string of the molecule is CC(C)(C)OCCOC(CN)c1cccs1. The van der Waals surface area contributed by atoms with E-state index in [-0.39, 0.29) is 11.7 Å². The Morgan fingerprint density at radius 1 is 1.38 bits per heavy atom. The van der Waals surface area contributed by atoms with Crippen LogP contribution >= 0.6 is 11.3 Å². The molecule has 1 rings (SSSR count). The van der Waals surface area contributed by atoms with Crippen LogP contribution in [-0.4, -0.2) is 25.4 Å². The zero-order valence-corrected chi connectivity index (χ0v) is 11.0. The number of nitrogens with two attached hydrogens (primary N) is 1. The van der Waals surface area contributed by atoms with E-state index in [0.29, 0.717) is 19.8 Å². The molecule has 1 aromatic heterocycles. The third kappa shape index (κ3) is 5.07. The Morgan fingerprint density at radius 2 is 2.12 bits per heavy atom. The quantitative estimate of drug-likeness (QED) is 0.781. The van der Waals surface area contributed by atoms with E-state index in [4.69, 9.17) is 15.2 Å². The Kier molecular flexibility index (Phi) is 5.41. The van der Waals surface area contributed by atoms with Crippen molar-refractivity contribution in [1.29, 1.82) is 0 Å². The van der Waals surface area contributed by atoms with Crippen LogP contribution in [0.3, 0.4) is 0 Å². The van der Waals surface area contributed by atoms with Gasteiger partial charge in [0.2, 0.25) is 0 Å². The molecule has 0 aliphatic rings. The van der Waals surface area contributed by atoms with Crippen LogP contribution in [0.5, 0.6) is 0 Å². The van der Waals surface area contributed by atoms with Crippen LogP contribution < -0.4 is 5.73 Å². The molecule has 0 aliphatic heterocycles. The molecule has 0 spiro atoms. The molecule has 1 atom stereocenters. The maximum absolute atomic E-state index is 5.69. The minimum absolute atomic E-state index is 0.00330. The maximum atomic E-state index is 5.69. The van der Waals surface area contributed by atoms with E-state index in [9.17, 15) is 0 Å². The fraction of sp³-hybridized carbons (Fsp3) is 0.667. The Labute approximate surface area is 102 Å². The predicted octanol–water partition coefficient (Wildman–Crippen LogP) is 2.58. The average molecular weight is 243 g/mol. The van der Waals surface area contributed by atoms with Crippen molar-refractivity contribution in [2.45, 2.75) is 32.5 Å². The second-order valence-electron chi connectivity index (χ2n) is 4.57. The van der Waals surface area contributed by atoms with Gasteiger partial charge in [-0.2, -0.15) is 0 Å². The molecular formula is C12H21NO2S. The highest BCUT2D eigenvalue weighted by molar-refractivity contribution is 7.10. The summed E-state index contributed by atoms with van der Waals surface area (Å²) in [5, 5.41) is 2.03. The highest BCUT2D eigenvalue weighted by Gasteiger charge is 2.13. The lowest BCUT2D eigenvalue weighted by Gasteiger charge is -2.21. The van der Waals surface area contributed by atoms with Crippen LogP contribution in [0.25, 0.3) is 0 Å². The molecular weight excluding hydrogens is 222 g/mol. The summed E-state index contributed by atoms with van der Waals surface area (Å²) in [5.41, 5.74) is 5.57. The Morgan fingerprint density at radius 3 is 2.62 bits per heavy atom. The van der Waals surface area contributed by atoms with Gasteiger partial charge in [-0.25, -0.2) is 0 Å². The van der Waals surface area contributed by atoms with Gasteiger partial charge < -0.3 is 15.2 Å². The summed E-state index contributed by atoms with van der Waals surface area (Å²) in [5.74, 6) is 0. The molecule has 0 aromatic carbocycles. The molecule has 1 aromatic rings. The first-order chi connectivity index (χ1) is 7.53. The fourth-order valence-corrected chi connectivity index (χ4v) is 2.07. The van der Waals surface area contributed by atoms with Gasteiger partial charge >= 0.3 is 0 Å². The van der Waals surface area contributed by atoms with Crippen molar-refractivity contribution in [1.82, 2.24) is 0 Å². The van der Waals surface area contributed by atoms with E-state index in [1.807, 2.05) is 38.3 Å². The fourth-order valence-electron chi connectivity index (χ4n) is 1.28. The lowest BCUT2D eigenvalue weighted by Crippen LogP contribution is -2.23. The molecule has 0 amide bonds. The highest BCUT2D eigenvalue weighted by atomic mass is 32.1. The average Bonchev–Trinajstić information content (AvgIpc) is 2.69. The molecule has 4 heteroatoms. The summed E-state index contributed by atoms with van der Waals surface area (Å²) < 4.78 is 11.3. The Bertz CT molecular complexity index is 280. The standard InChI is InChI=1S/C12H21NO2S/c1-12(2,3)15-7-6-14-10(9-13)11-5-4-8-16-11/h4-5,8,10H,6-7,9,13H2,1-3H3. The van der Waals surface area contributed by atoms with Crippen LogP contribution in [-0.2, 0) is 9.47 Å². The third-order valence-electron chi connectivity index (χ3n) is 2.01. The summed E-state index contributed by atoms with van der Waals surface area (Å²) in [6, 6.07) is 4.06. The van der Waals surface area contributed by atoms with Gasteiger partial charge in [-0.05, 0) is 32.2 Å². The number of thiophene rings is 1. The van der Waals surface area contributed by atoms with Crippen LogP contribution in [0.1, 0.15) is 31.8 Å². The van der Waals surface area contributed by atoms with Gasteiger partial charge in [0.05, 0.1) is 18.8 Å². The van der Waals surface area contributed by atoms with Gasteiger partial charge in [0.15, 0.2) is 0 Å². The first-order valence-electron chi connectivity index (χ1n) is 5.52. The third-order valence-corrected chi connectivity index (χ3v) is 2.98. The zero-order chi connectivity index (χ0) is 12.0. The molecule has 0 radical (unpaired) electrons. The molecule has 0 saturated carbocycles. The van der Waals surface area contributed by atoms with Crippen molar-refractivity contribution in [2.75, 3.05) is 19.8 Å². The van der Waals surface area contributed by atoms with E-state index >= 15 is 0 Å². The molecule has 92 valence electrons. The number of rotatable bonds is 6. The topological polar surface area (TPSA) is 44.5 Å². The maximum Gasteiger partial charge on any atom is 0.104 e. The van der Waals surface area contributed by atoms with E-state index < -0.39 is 0 Å². The van der Waals surface area contributed by atoms with E-state index in [0.717, 1.165) is 0 Å². The molecule has 2 N–H and O–H groups in total. The van der Waals surface area contributed by atoms with Crippen LogP contribution in [0.2, 0.25) is 0 Å². The van der Waals surface area contributed by atoms with Gasteiger partial charge in [-0.3, -0.25) is 0 Å². The monoisotopic (exact) mass is 243 g/mol. The minimum atomic E-state index is -0.107. The van der Waals surface area contributed by atoms with Crippen molar-refractivity contribution in [3.63, 3.8) is 0 Å². The van der Waals surface area contributed by atoms with Crippen molar-refractivity contribution in [2.24, 2.45) is 5.73 Å². The van der Waals surface area contributed by atoms with Gasteiger partial charge in [0.1, 0.15) is 6.10 Å². The van der Waals surface area contributed by atoms with E-state index in [1.54, 1.807) is 11.3 Å². The first-order valence-corrected chi connectivity index (χ1v) is 6.40. The largest absolute Gasteiger partial charge is 0.373 e. The van der Waals surface area contributed by atoms with Crippen molar-refractivity contribution >= 4 is 11.3 Å². The van der Waals surface area contributed by atoms with Gasteiger partial charge in [0.25, 0.3) is 0 Å². The predicted molar refractivity (Wildman–Crippen MR) is 67.8 cm³/mol. The Hall–Kier alpha value is -0.420. The summed E-state index contributed by atoms with van der Waals surface area (Å²) in [7, 11) is 0. The minimum Gasteiger partial charge on any atom is -0.373 e. The molecule has 0 aliphatic carbocycles. The molecule has 16 heavy (non-hydrogen) atoms. The van der Waals surface area contributed by atoms with Crippen molar-refractivity contribution in [3.05, 3.63) is 22.4 Å². The van der Waals surface area contributed by atoms with E-state index in [1.165, 1.54) is 4.88 Å². The number of hydrogen-bond acceptors (Lipinski definition) is 4. The lowest BCUT2D eigenvalue weighted by molar-refractivity contribution is -0.0500. The highest BCUT2D eigenvalue weighted by Crippen LogP contribution is 2.21. The van der Waals surface area contributed by atoms with Crippen molar-refractivity contribution in [3.8, 4) is 0 Å². The van der Waals surface area contributed by atoms with Crippen LogP contribution in [0, 0.1) is 0 Å². The lowest BCUT2D eigenvalue weighted by atomic mass is 10.2. The summed E-state index contributed by atoms with van der Waals surface area (Å²) in [6.45, 7) is 7.80. The smallest absolute Gasteiger partial charge is 0.104 e.